The third-order valence-electron chi connectivity index (χ3n) is 6.02. The largest absolute Gasteiger partial charge is 0.425 e. The summed E-state index contributed by atoms with van der Waals surface area (Å²) < 4.78 is 63.6. The molecule has 0 saturated carbocycles. The number of benzene rings is 3. The van der Waals surface area contributed by atoms with Gasteiger partial charge >= 0.3 is 18.2 Å². The van der Waals surface area contributed by atoms with Gasteiger partial charge in [-0.15, -0.1) is 0 Å². The summed E-state index contributed by atoms with van der Waals surface area (Å²) in [5.41, 5.74) is -0.300. The number of nitrogens with zero attached hydrogens (tertiary/aromatic N) is 3. The Kier molecular flexibility index (Phi) is 5.83. The molecule has 1 unspecified atom stereocenters. The fraction of sp³-hybridized carbons (Fsp3) is 0.0769. The van der Waals surface area contributed by atoms with E-state index >= 15 is 0 Å². The number of alkyl halides is 3. The number of aromatic nitrogens is 3. The van der Waals surface area contributed by atoms with Crippen molar-refractivity contribution in [3.63, 3.8) is 0 Å². The predicted molar refractivity (Wildman–Crippen MR) is 127 cm³/mol. The summed E-state index contributed by atoms with van der Waals surface area (Å²) in [5.74, 6) is -1.99. The van der Waals surface area contributed by atoms with E-state index in [4.69, 9.17) is 5.73 Å². The van der Waals surface area contributed by atoms with Gasteiger partial charge in [0.25, 0.3) is 0 Å². The smallest absolute Gasteiger partial charge is 0.373 e. The average Bonchev–Trinajstić information content (AvgIpc) is 3.30. The number of halogens is 4. The number of para-hydroxylation sites is 1. The lowest BCUT2D eigenvalue weighted by Crippen LogP contribution is -2.45. The van der Waals surface area contributed by atoms with E-state index in [1.165, 1.54) is 65.5 Å². The minimum Gasteiger partial charge on any atom is -0.373 e. The van der Waals surface area contributed by atoms with Gasteiger partial charge in [-0.3, -0.25) is 4.98 Å². The molecule has 0 saturated heterocycles. The third kappa shape index (κ3) is 4.00. The van der Waals surface area contributed by atoms with Crippen LogP contribution in [0.5, 0.6) is 0 Å². The van der Waals surface area contributed by atoms with Crippen molar-refractivity contribution >= 4 is 33.9 Å². The van der Waals surface area contributed by atoms with Gasteiger partial charge in [0.05, 0.1) is 28.5 Å². The molecule has 8 nitrogen and oxygen atoms in total. The Morgan fingerprint density at radius 2 is 1.68 bits per heavy atom. The highest BCUT2D eigenvalue weighted by atomic mass is 19.4. The van der Waals surface area contributed by atoms with Gasteiger partial charge in [-0.05, 0) is 48.0 Å². The molecule has 5 aromatic rings. The molecule has 12 heteroatoms. The van der Waals surface area contributed by atoms with Gasteiger partial charge in [0.2, 0.25) is 5.60 Å². The molecule has 192 valence electrons. The van der Waals surface area contributed by atoms with Crippen molar-refractivity contribution in [3.05, 3.63) is 102 Å². The number of amides is 1. The van der Waals surface area contributed by atoms with E-state index in [0.717, 1.165) is 18.3 Å². The lowest BCUT2D eigenvalue weighted by atomic mass is 9.81. The Bertz CT molecular complexity index is 1720. The number of hydrogen-bond acceptors (Lipinski definition) is 6. The fourth-order valence-corrected chi connectivity index (χ4v) is 4.33. The SMILES string of the molecule is NC(=O)OC(=O)c1cnc2ccccc2c1C(O)(c1ccc2c(cnn2-c2ccc(F)cc2)c1)C(F)(F)F. The maximum atomic E-state index is 14.8. The van der Waals surface area contributed by atoms with E-state index in [0.29, 0.717) is 11.2 Å². The van der Waals surface area contributed by atoms with Crippen LogP contribution < -0.4 is 5.73 Å². The second-order valence-corrected chi connectivity index (χ2v) is 8.29. The number of hydrogen-bond donors (Lipinski definition) is 2. The fourth-order valence-electron chi connectivity index (χ4n) is 4.33. The molecule has 5 rings (SSSR count). The molecule has 0 radical (unpaired) electrons. The molecule has 0 aliphatic carbocycles. The maximum Gasteiger partial charge on any atom is 0.425 e. The molecular weight excluding hydrogens is 508 g/mol. The van der Waals surface area contributed by atoms with Gasteiger partial charge in [-0.1, -0.05) is 24.3 Å². The van der Waals surface area contributed by atoms with E-state index < -0.39 is 46.3 Å². The number of esters is 1. The number of rotatable bonds is 4. The van der Waals surface area contributed by atoms with Crippen LogP contribution >= 0.6 is 0 Å². The Morgan fingerprint density at radius 1 is 0.974 bits per heavy atom. The second-order valence-electron chi connectivity index (χ2n) is 8.29. The van der Waals surface area contributed by atoms with Crippen molar-refractivity contribution in [2.24, 2.45) is 5.73 Å². The summed E-state index contributed by atoms with van der Waals surface area (Å²) in [6, 6.07) is 14.3. The predicted octanol–water partition coefficient (Wildman–Crippen LogP) is 4.75. The summed E-state index contributed by atoms with van der Waals surface area (Å²) in [7, 11) is 0. The topological polar surface area (TPSA) is 120 Å². The normalized spacial score (nSPS) is 13.4. The van der Waals surface area contributed by atoms with Crippen LogP contribution in [0, 0.1) is 5.82 Å². The molecular formula is C26H16F4N4O4. The monoisotopic (exact) mass is 524 g/mol. The molecule has 0 aliphatic heterocycles. The molecule has 2 heterocycles. The van der Waals surface area contributed by atoms with Crippen molar-refractivity contribution < 1.29 is 37.0 Å². The summed E-state index contributed by atoms with van der Waals surface area (Å²) in [6.45, 7) is 0. The van der Waals surface area contributed by atoms with Gasteiger partial charge in [0.1, 0.15) is 5.82 Å². The molecule has 3 N–H and O–H groups in total. The van der Waals surface area contributed by atoms with Crippen LogP contribution in [0.15, 0.2) is 79.1 Å². The lowest BCUT2D eigenvalue weighted by Gasteiger charge is -2.33. The highest BCUT2D eigenvalue weighted by Gasteiger charge is 2.58. The number of carbonyl (C=O) groups is 2. The number of fused-ring (bicyclic) bond motifs is 2. The molecule has 1 atom stereocenters. The lowest BCUT2D eigenvalue weighted by molar-refractivity contribution is -0.247. The second kappa shape index (κ2) is 8.92. The Balaban J connectivity index is 1.77. The number of aliphatic hydroxyl groups is 1. The molecule has 2 aromatic heterocycles. The van der Waals surface area contributed by atoms with E-state index in [1.54, 1.807) is 0 Å². The van der Waals surface area contributed by atoms with Crippen LogP contribution in [0.1, 0.15) is 21.5 Å². The molecule has 0 bridgehead atoms. The zero-order valence-electron chi connectivity index (χ0n) is 19.1. The van der Waals surface area contributed by atoms with E-state index in [2.05, 4.69) is 14.8 Å². The Hall–Kier alpha value is -4.84. The minimum atomic E-state index is -5.36. The van der Waals surface area contributed by atoms with Crippen LogP contribution in [-0.4, -0.2) is 38.1 Å². The molecule has 0 spiro atoms. The molecule has 38 heavy (non-hydrogen) atoms. The number of carbonyl (C=O) groups excluding carboxylic acids is 2. The highest BCUT2D eigenvalue weighted by Crippen LogP contribution is 2.48. The maximum absolute atomic E-state index is 14.8. The summed E-state index contributed by atoms with van der Waals surface area (Å²) in [6.07, 6.45) is -4.84. The van der Waals surface area contributed by atoms with Gasteiger partial charge in [-0.25, -0.2) is 18.7 Å². The average molecular weight is 524 g/mol. The van der Waals surface area contributed by atoms with E-state index in [1.807, 2.05) is 0 Å². The van der Waals surface area contributed by atoms with Crippen LogP contribution in [0.4, 0.5) is 22.4 Å². The molecule has 0 fully saturated rings. The van der Waals surface area contributed by atoms with Gasteiger partial charge in [0.15, 0.2) is 0 Å². The van der Waals surface area contributed by atoms with Crippen molar-refractivity contribution in [2.45, 2.75) is 11.8 Å². The molecule has 3 aromatic carbocycles. The van der Waals surface area contributed by atoms with Gasteiger partial charge < -0.3 is 15.6 Å². The number of primary amides is 1. The van der Waals surface area contributed by atoms with Crippen molar-refractivity contribution in [1.29, 1.82) is 0 Å². The number of ether oxygens (including phenoxy) is 1. The number of nitrogens with two attached hydrogens (primary N) is 1. The van der Waals surface area contributed by atoms with Crippen molar-refractivity contribution in [2.75, 3.05) is 0 Å². The first-order chi connectivity index (χ1) is 18.0. The minimum absolute atomic E-state index is 0.0472. The quantitative estimate of drug-likeness (QED) is 0.199. The zero-order valence-corrected chi connectivity index (χ0v) is 19.1. The first kappa shape index (κ1) is 24.8. The first-order valence-electron chi connectivity index (χ1n) is 10.9. The van der Waals surface area contributed by atoms with Crippen molar-refractivity contribution in [1.82, 2.24) is 14.8 Å². The van der Waals surface area contributed by atoms with Crippen LogP contribution in [0.2, 0.25) is 0 Å². The number of pyridine rings is 1. The Labute approximate surface area is 210 Å². The van der Waals surface area contributed by atoms with Crippen LogP contribution in [0.25, 0.3) is 27.5 Å². The third-order valence-corrected chi connectivity index (χ3v) is 6.02. The van der Waals surface area contributed by atoms with Crippen LogP contribution in [-0.2, 0) is 10.3 Å². The highest BCUT2D eigenvalue weighted by molar-refractivity contribution is 6.02. The summed E-state index contributed by atoms with van der Waals surface area (Å²) >= 11 is 0. The van der Waals surface area contributed by atoms with Gasteiger partial charge in [-0.2, -0.15) is 18.3 Å². The van der Waals surface area contributed by atoms with E-state index in [9.17, 15) is 32.3 Å². The van der Waals surface area contributed by atoms with E-state index in [-0.39, 0.29) is 16.3 Å². The van der Waals surface area contributed by atoms with Crippen molar-refractivity contribution in [3.8, 4) is 5.69 Å². The standard InChI is InChI=1S/C26H16F4N4O4/c27-16-6-8-17(9-7-16)34-21-10-5-15(11-14(21)12-33-34)25(37,26(28,29)30)22-18-3-1-2-4-20(18)32-13-19(22)23(35)38-24(31)36/h1-13,37H,(H2,31,36). The van der Waals surface area contributed by atoms with Crippen LogP contribution in [0.3, 0.4) is 0 Å². The zero-order chi connectivity index (χ0) is 27.2. The molecule has 1 amide bonds. The first-order valence-corrected chi connectivity index (χ1v) is 10.9. The summed E-state index contributed by atoms with van der Waals surface area (Å²) in [5, 5.41) is 15.7. The molecule has 0 aliphatic rings. The Morgan fingerprint density at radius 3 is 2.37 bits per heavy atom. The van der Waals surface area contributed by atoms with Gasteiger partial charge in [0, 0.05) is 22.5 Å². The summed E-state index contributed by atoms with van der Waals surface area (Å²) in [4.78, 5) is 27.8.